The lowest BCUT2D eigenvalue weighted by atomic mass is 10.1. The second kappa shape index (κ2) is 5.07. The van der Waals surface area contributed by atoms with E-state index in [-0.39, 0.29) is 5.60 Å². The van der Waals surface area contributed by atoms with Crippen LogP contribution in [0.15, 0.2) is 0 Å². The van der Waals surface area contributed by atoms with Crippen LogP contribution in [-0.4, -0.2) is 36.3 Å². The van der Waals surface area contributed by atoms with Crippen LogP contribution < -0.4 is 10.6 Å². The van der Waals surface area contributed by atoms with Crippen molar-refractivity contribution in [3.8, 4) is 0 Å². The molecule has 1 aliphatic heterocycles. The third-order valence-electron chi connectivity index (χ3n) is 2.18. The largest absolute Gasteiger partial charge is 0.356 e. The Morgan fingerprint density at radius 1 is 1.36 bits per heavy atom. The number of ether oxygens (including phenoxy) is 1. The van der Waals surface area contributed by atoms with Gasteiger partial charge in [-0.15, -0.1) is 0 Å². The lowest BCUT2D eigenvalue weighted by molar-refractivity contribution is -0.186. The van der Waals surface area contributed by atoms with E-state index in [1.807, 2.05) is 20.8 Å². The fourth-order valence-electron chi connectivity index (χ4n) is 1.56. The molecule has 0 spiro atoms. The minimum absolute atomic E-state index is 0.306. The zero-order valence-corrected chi connectivity index (χ0v) is 9.34. The second-order valence-electron chi connectivity index (χ2n) is 4.77. The van der Waals surface area contributed by atoms with Crippen molar-refractivity contribution in [3.63, 3.8) is 0 Å². The van der Waals surface area contributed by atoms with Gasteiger partial charge in [0, 0.05) is 6.04 Å². The predicted molar refractivity (Wildman–Crippen MR) is 55.9 cm³/mol. The molecule has 0 bridgehead atoms. The molecular weight excluding hydrogens is 180 g/mol. The van der Waals surface area contributed by atoms with Gasteiger partial charge in [0.25, 0.3) is 0 Å². The maximum absolute atomic E-state index is 9.58. The van der Waals surface area contributed by atoms with Gasteiger partial charge in [-0.05, 0) is 46.7 Å². The van der Waals surface area contributed by atoms with Gasteiger partial charge in [0.15, 0.2) is 0 Å². The predicted octanol–water partition coefficient (Wildman–Crippen LogP) is 0.419. The highest BCUT2D eigenvalue weighted by Crippen LogP contribution is 2.10. The Labute approximate surface area is 86.0 Å². The van der Waals surface area contributed by atoms with E-state index < -0.39 is 6.41 Å². The molecule has 4 heteroatoms. The van der Waals surface area contributed by atoms with Gasteiger partial charge in [-0.1, -0.05) is 0 Å². The van der Waals surface area contributed by atoms with Crippen LogP contribution in [-0.2, 0) is 4.74 Å². The van der Waals surface area contributed by atoms with Crippen molar-refractivity contribution >= 4 is 0 Å². The summed E-state index contributed by atoms with van der Waals surface area (Å²) in [6.07, 6.45) is 1.24. The monoisotopic (exact) mass is 202 g/mol. The number of aliphatic hydroxyl groups is 1. The van der Waals surface area contributed by atoms with Crippen LogP contribution in [0.5, 0.6) is 0 Å². The van der Waals surface area contributed by atoms with Crippen LogP contribution in [0.4, 0.5) is 0 Å². The third kappa shape index (κ3) is 4.91. The highest BCUT2D eigenvalue weighted by molar-refractivity contribution is 4.74. The number of rotatable bonds is 3. The molecule has 0 amide bonds. The molecule has 0 aromatic heterocycles. The van der Waals surface area contributed by atoms with Crippen molar-refractivity contribution in [2.24, 2.45) is 0 Å². The van der Waals surface area contributed by atoms with Gasteiger partial charge in [-0.25, -0.2) is 0 Å². The third-order valence-corrected chi connectivity index (χ3v) is 2.18. The molecule has 1 rings (SSSR count). The zero-order valence-electron chi connectivity index (χ0n) is 9.34. The number of nitrogens with one attached hydrogen (secondary N) is 2. The number of aliphatic hydroxyl groups excluding tert-OH is 1. The first kappa shape index (κ1) is 11.9. The van der Waals surface area contributed by atoms with Crippen LogP contribution in [0.25, 0.3) is 0 Å². The van der Waals surface area contributed by atoms with Crippen LogP contribution in [0.2, 0.25) is 0 Å². The summed E-state index contributed by atoms with van der Waals surface area (Å²) in [6.45, 7) is 7.82. The molecule has 1 saturated heterocycles. The summed E-state index contributed by atoms with van der Waals surface area (Å²) in [6, 6.07) is 0.369. The molecule has 4 nitrogen and oxygen atoms in total. The molecule has 84 valence electrons. The molecule has 0 aromatic carbocycles. The summed E-state index contributed by atoms with van der Waals surface area (Å²) in [5.74, 6) is 0. The molecule has 3 N–H and O–H groups in total. The van der Waals surface area contributed by atoms with E-state index in [1.165, 1.54) is 0 Å². The van der Waals surface area contributed by atoms with E-state index >= 15 is 0 Å². The van der Waals surface area contributed by atoms with Gasteiger partial charge in [-0.3, -0.25) is 5.32 Å². The van der Waals surface area contributed by atoms with Crippen LogP contribution in [0.1, 0.15) is 33.6 Å². The first-order valence-electron chi connectivity index (χ1n) is 5.30. The summed E-state index contributed by atoms with van der Waals surface area (Å²) in [4.78, 5) is 0. The Morgan fingerprint density at radius 2 is 1.93 bits per heavy atom. The smallest absolute Gasteiger partial charge is 0.214 e. The van der Waals surface area contributed by atoms with E-state index in [2.05, 4.69) is 10.6 Å². The van der Waals surface area contributed by atoms with Gasteiger partial charge in [-0.2, -0.15) is 0 Å². The van der Waals surface area contributed by atoms with Gasteiger partial charge in [0.2, 0.25) is 6.41 Å². The molecule has 1 aliphatic rings. The molecule has 0 aliphatic carbocycles. The second-order valence-corrected chi connectivity index (χ2v) is 4.77. The highest BCUT2D eigenvalue weighted by Gasteiger charge is 2.20. The SMILES string of the molecule is CC(C)(C)O[C@@H](O)NC1CCNCC1. The van der Waals surface area contributed by atoms with Crippen LogP contribution in [0.3, 0.4) is 0 Å². The van der Waals surface area contributed by atoms with E-state index in [0.29, 0.717) is 6.04 Å². The molecule has 1 atom stereocenters. The van der Waals surface area contributed by atoms with Gasteiger partial charge in [0.05, 0.1) is 5.60 Å². The fraction of sp³-hybridized carbons (Fsp3) is 1.00. The Balaban J connectivity index is 2.21. The quantitative estimate of drug-likeness (QED) is 0.581. The standard InChI is InChI=1S/C10H22N2O2/c1-10(2,3)14-9(13)12-8-4-6-11-7-5-8/h8-9,11-13H,4-7H2,1-3H3/t9-/m1/s1. The summed E-state index contributed by atoms with van der Waals surface area (Å²) in [5.41, 5.74) is -0.306. The van der Waals surface area contributed by atoms with Crippen molar-refractivity contribution in [2.45, 2.75) is 51.7 Å². The topological polar surface area (TPSA) is 53.5 Å². The molecule has 1 heterocycles. The number of hydrogen-bond acceptors (Lipinski definition) is 4. The molecule has 1 fully saturated rings. The fourth-order valence-corrected chi connectivity index (χ4v) is 1.56. The molecule has 0 aromatic rings. The first-order chi connectivity index (χ1) is 6.47. The van der Waals surface area contributed by atoms with Crippen LogP contribution >= 0.6 is 0 Å². The molecule has 0 radical (unpaired) electrons. The maximum atomic E-state index is 9.58. The van der Waals surface area contributed by atoms with E-state index in [4.69, 9.17) is 4.74 Å². The number of hydrogen-bond donors (Lipinski definition) is 3. The molecule has 0 unspecified atom stereocenters. The van der Waals surface area contributed by atoms with E-state index in [0.717, 1.165) is 25.9 Å². The van der Waals surface area contributed by atoms with Crippen molar-refractivity contribution in [1.82, 2.24) is 10.6 Å². The Hall–Kier alpha value is -0.160. The average molecular weight is 202 g/mol. The van der Waals surface area contributed by atoms with Crippen molar-refractivity contribution in [1.29, 1.82) is 0 Å². The Bertz CT molecular complexity index is 162. The highest BCUT2D eigenvalue weighted by atomic mass is 16.6. The Morgan fingerprint density at radius 3 is 2.43 bits per heavy atom. The summed E-state index contributed by atoms with van der Waals surface area (Å²) in [5, 5.41) is 15.9. The van der Waals surface area contributed by atoms with Gasteiger partial charge >= 0.3 is 0 Å². The van der Waals surface area contributed by atoms with Crippen molar-refractivity contribution < 1.29 is 9.84 Å². The Kier molecular flexibility index (Phi) is 4.31. The summed E-state index contributed by atoms with van der Waals surface area (Å²) >= 11 is 0. The zero-order chi connectivity index (χ0) is 10.6. The summed E-state index contributed by atoms with van der Waals surface area (Å²) in [7, 11) is 0. The normalized spacial score (nSPS) is 22.3. The molecular formula is C10H22N2O2. The lowest BCUT2D eigenvalue weighted by Crippen LogP contribution is -2.47. The van der Waals surface area contributed by atoms with Gasteiger partial charge in [0.1, 0.15) is 0 Å². The maximum Gasteiger partial charge on any atom is 0.214 e. The minimum atomic E-state index is -0.849. The average Bonchev–Trinajstić information content (AvgIpc) is 2.02. The minimum Gasteiger partial charge on any atom is -0.356 e. The summed E-state index contributed by atoms with van der Waals surface area (Å²) < 4.78 is 5.36. The van der Waals surface area contributed by atoms with Crippen LogP contribution in [0, 0.1) is 0 Å². The lowest BCUT2D eigenvalue weighted by Gasteiger charge is -2.30. The first-order valence-corrected chi connectivity index (χ1v) is 5.30. The molecule has 14 heavy (non-hydrogen) atoms. The number of piperidine rings is 1. The van der Waals surface area contributed by atoms with Crippen molar-refractivity contribution in [2.75, 3.05) is 13.1 Å². The molecule has 0 saturated carbocycles. The van der Waals surface area contributed by atoms with Gasteiger partial charge < -0.3 is 15.2 Å². The van der Waals surface area contributed by atoms with E-state index in [9.17, 15) is 5.11 Å². The van der Waals surface area contributed by atoms with E-state index in [1.54, 1.807) is 0 Å². The van der Waals surface area contributed by atoms with Crippen molar-refractivity contribution in [3.05, 3.63) is 0 Å².